The van der Waals surface area contributed by atoms with Gasteiger partial charge < -0.3 is 14.8 Å². The van der Waals surface area contributed by atoms with Crippen LogP contribution < -0.4 is 14.8 Å². The Balaban J connectivity index is 1.37. The number of methoxy groups -OCH3 is 1. The van der Waals surface area contributed by atoms with Crippen molar-refractivity contribution in [2.24, 2.45) is 0 Å². The maximum atomic E-state index is 12.9. The summed E-state index contributed by atoms with van der Waals surface area (Å²) in [5.74, 6) is 0.387. The van der Waals surface area contributed by atoms with Gasteiger partial charge in [-0.3, -0.25) is 9.69 Å². The van der Waals surface area contributed by atoms with Gasteiger partial charge in [-0.15, -0.1) is 0 Å². The molecule has 0 saturated carbocycles. The lowest BCUT2D eigenvalue weighted by Crippen LogP contribution is -2.50. The number of nitrogens with one attached hydrogen (secondary N) is 1. The maximum absolute atomic E-state index is 12.9. The predicted octanol–water partition coefficient (Wildman–Crippen LogP) is 1.34. The molecule has 168 valence electrons. The normalized spacial score (nSPS) is 15.4. The van der Waals surface area contributed by atoms with Crippen molar-refractivity contribution in [3.05, 3.63) is 54.3 Å². The smallest absolute Gasteiger partial charge is 0.257 e. The maximum Gasteiger partial charge on any atom is 0.257 e. The highest BCUT2D eigenvalue weighted by Gasteiger charge is 2.28. The Hall–Kier alpha value is -2.69. The Morgan fingerprint density at radius 1 is 1.00 bits per heavy atom. The number of halogens is 1. The lowest BCUT2D eigenvalue weighted by molar-refractivity contribution is -0.123. The average Bonchev–Trinajstić information content (AvgIpc) is 2.79. The van der Waals surface area contributed by atoms with Crippen molar-refractivity contribution in [3.8, 4) is 11.5 Å². The molecule has 3 rings (SSSR count). The number of piperazine rings is 1. The molecule has 1 aliphatic rings. The van der Waals surface area contributed by atoms with Crippen LogP contribution in [0.3, 0.4) is 0 Å². The Kier molecular flexibility index (Phi) is 7.83. The average molecular weight is 452 g/mol. The minimum atomic E-state index is -3.54. The number of nitrogens with zero attached hydrogens (tertiary/aromatic N) is 2. The molecule has 0 aliphatic carbocycles. The minimum Gasteiger partial charge on any atom is -0.497 e. The van der Waals surface area contributed by atoms with Crippen LogP contribution in [0.25, 0.3) is 0 Å². The van der Waals surface area contributed by atoms with Gasteiger partial charge in [0.15, 0.2) is 6.61 Å². The van der Waals surface area contributed by atoms with Crippen molar-refractivity contribution in [1.82, 2.24) is 14.5 Å². The molecule has 0 aromatic heterocycles. The van der Waals surface area contributed by atoms with Crippen molar-refractivity contribution in [2.75, 3.05) is 53.0 Å². The van der Waals surface area contributed by atoms with E-state index in [0.717, 1.165) is 0 Å². The summed E-state index contributed by atoms with van der Waals surface area (Å²) in [5, 5.41) is 2.77. The third kappa shape index (κ3) is 6.39. The molecule has 2 aromatic carbocycles. The third-order valence-corrected chi connectivity index (χ3v) is 6.88. The molecule has 10 heteroatoms. The van der Waals surface area contributed by atoms with Gasteiger partial charge in [0.25, 0.3) is 5.91 Å². The summed E-state index contributed by atoms with van der Waals surface area (Å²) >= 11 is 0. The van der Waals surface area contributed by atoms with E-state index in [0.29, 0.717) is 50.8 Å². The molecule has 1 N–H and O–H groups in total. The van der Waals surface area contributed by atoms with E-state index in [-0.39, 0.29) is 23.2 Å². The van der Waals surface area contributed by atoms with Crippen molar-refractivity contribution >= 4 is 15.9 Å². The number of carbonyl (C=O) groups is 1. The number of hydrogen-bond donors (Lipinski definition) is 1. The summed E-state index contributed by atoms with van der Waals surface area (Å²) in [6.45, 7) is 2.82. The summed E-state index contributed by atoms with van der Waals surface area (Å²) in [7, 11) is -2.01. The Morgan fingerprint density at radius 3 is 2.23 bits per heavy atom. The first-order valence-corrected chi connectivity index (χ1v) is 11.3. The van der Waals surface area contributed by atoms with Crippen LogP contribution in [0, 0.1) is 5.82 Å². The number of sulfonamides is 1. The molecule has 1 fully saturated rings. The summed E-state index contributed by atoms with van der Waals surface area (Å²) in [4.78, 5) is 14.2. The van der Waals surface area contributed by atoms with E-state index in [4.69, 9.17) is 9.47 Å². The van der Waals surface area contributed by atoms with Crippen LogP contribution in [0.15, 0.2) is 53.4 Å². The van der Waals surface area contributed by atoms with Gasteiger partial charge in [-0.05, 0) is 48.5 Å². The monoisotopic (exact) mass is 451 g/mol. The molecule has 0 unspecified atom stereocenters. The molecule has 1 saturated heterocycles. The van der Waals surface area contributed by atoms with Crippen molar-refractivity contribution in [1.29, 1.82) is 0 Å². The Labute approximate surface area is 181 Å². The van der Waals surface area contributed by atoms with Gasteiger partial charge in [-0.1, -0.05) is 0 Å². The molecule has 1 heterocycles. The lowest BCUT2D eigenvalue weighted by Gasteiger charge is -2.34. The van der Waals surface area contributed by atoms with Gasteiger partial charge in [0, 0.05) is 39.3 Å². The van der Waals surface area contributed by atoms with Gasteiger partial charge in [0.2, 0.25) is 10.0 Å². The molecule has 0 radical (unpaired) electrons. The molecule has 0 spiro atoms. The second kappa shape index (κ2) is 10.6. The zero-order valence-corrected chi connectivity index (χ0v) is 18.1. The highest BCUT2D eigenvalue weighted by atomic mass is 32.2. The lowest BCUT2D eigenvalue weighted by atomic mass is 10.3. The van der Waals surface area contributed by atoms with E-state index >= 15 is 0 Å². The first-order valence-electron chi connectivity index (χ1n) is 9.90. The molecular weight excluding hydrogens is 425 g/mol. The number of ether oxygens (including phenoxy) is 2. The van der Waals surface area contributed by atoms with Gasteiger partial charge in [0.05, 0.1) is 12.0 Å². The molecule has 8 nitrogen and oxygen atoms in total. The minimum absolute atomic E-state index is 0.153. The molecule has 31 heavy (non-hydrogen) atoms. The van der Waals surface area contributed by atoms with Crippen LogP contribution in [0.1, 0.15) is 0 Å². The second-order valence-electron chi connectivity index (χ2n) is 7.01. The SMILES string of the molecule is COc1ccc(S(=O)(=O)N2CCN(CCNC(=O)COc3ccc(F)cc3)CC2)cc1. The van der Waals surface area contributed by atoms with Crippen LogP contribution in [-0.4, -0.2) is 76.5 Å². The largest absolute Gasteiger partial charge is 0.497 e. The van der Waals surface area contributed by atoms with E-state index in [2.05, 4.69) is 10.2 Å². The van der Waals surface area contributed by atoms with E-state index in [9.17, 15) is 17.6 Å². The van der Waals surface area contributed by atoms with E-state index in [1.54, 1.807) is 24.3 Å². The number of hydrogen-bond acceptors (Lipinski definition) is 6. The summed E-state index contributed by atoms with van der Waals surface area (Å²) in [6.07, 6.45) is 0. The van der Waals surface area contributed by atoms with Crippen LogP contribution in [0.2, 0.25) is 0 Å². The van der Waals surface area contributed by atoms with Crippen molar-refractivity contribution < 1.29 is 27.1 Å². The highest BCUT2D eigenvalue weighted by molar-refractivity contribution is 7.89. The topological polar surface area (TPSA) is 88.2 Å². The van der Waals surface area contributed by atoms with E-state index in [1.807, 2.05) is 0 Å². The van der Waals surface area contributed by atoms with Crippen molar-refractivity contribution in [3.63, 3.8) is 0 Å². The van der Waals surface area contributed by atoms with E-state index in [1.165, 1.54) is 35.7 Å². The number of benzene rings is 2. The first-order chi connectivity index (χ1) is 14.9. The second-order valence-corrected chi connectivity index (χ2v) is 8.95. The first kappa shape index (κ1) is 23.0. The van der Waals surface area contributed by atoms with Crippen LogP contribution >= 0.6 is 0 Å². The number of carbonyl (C=O) groups excluding carboxylic acids is 1. The van der Waals surface area contributed by atoms with Crippen LogP contribution in [0.5, 0.6) is 11.5 Å². The molecule has 1 amide bonds. The summed E-state index contributed by atoms with van der Waals surface area (Å²) < 4.78 is 50.3. The highest BCUT2D eigenvalue weighted by Crippen LogP contribution is 2.20. The van der Waals surface area contributed by atoms with Gasteiger partial charge in [0.1, 0.15) is 17.3 Å². The fraction of sp³-hybridized carbons (Fsp3) is 0.381. The number of rotatable bonds is 9. The van der Waals surface area contributed by atoms with Gasteiger partial charge in [-0.2, -0.15) is 4.31 Å². The molecule has 2 aromatic rings. The number of amides is 1. The van der Waals surface area contributed by atoms with Gasteiger partial charge in [-0.25, -0.2) is 12.8 Å². The Morgan fingerprint density at radius 2 is 1.61 bits per heavy atom. The van der Waals surface area contributed by atoms with Crippen molar-refractivity contribution in [2.45, 2.75) is 4.90 Å². The van der Waals surface area contributed by atoms with Crippen LogP contribution in [-0.2, 0) is 14.8 Å². The van der Waals surface area contributed by atoms with Gasteiger partial charge >= 0.3 is 0 Å². The fourth-order valence-corrected chi connectivity index (χ4v) is 4.60. The molecule has 0 bridgehead atoms. The van der Waals surface area contributed by atoms with E-state index < -0.39 is 10.0 Å². The molecule has 0 atom stereocenters. The predicted molar refractivity (Wildman–Crippen MR) is 113 cm³/mol. The zero-order valence-electron chi connectivity index (χ0n) is 17.3. The molecule has 1 aliphatic heterocycles. The summed E-state index contributed by atoms with van der Waals surface area (Å²) in [6, 6.07) is 11.8. The third-order valence-electron chi connectivity index (χ3n) is 4.96. The summed E-state index contributed by atoms with van der Waals surface area (Å²) in [5.41, 5.74) is 0. The molecular formula is C21H26FN3O5S. The van der Waals surface area contributed by atoms with Crippen LogP contribution in [0.4, 0.5) is 4.39 Å². The zero-order chi connectivity index (χ0) is 22.3. The quantitative estimate of drug-likeness (QED) is 0.619. The Bertz CT molecular complexity index is 960. The standard InChI is InChI=1S/C21H26FN3O5S/c1-29-18-6-8-20(9-7-18)31(27,28)25-14-12-24(13-15-25)11-10-23-21(26)16-30-19-4-2-17(22)3-5-19/h2-9H,10-16H2,1H3,(H,23,26). The fourth-order valence-electron chi connectivity index (χ4n) is 3.17.